The van der Waals surface area contributed by atoms with Crippen molar-refractivity contribution in [3.63, 3.8) is 0 Å². The molecule has 0 amide bonds. The second kappa shape index (κ2) is 3.98. The van der Waals surface area contributed by atoms with E-state index in [0.29, 0.717) is 27.9 Å². The molecule has 0 atom stereocenters. The first-order valence-corrected chi connectivity index (χ1v) is 5.62. The predicted molar refractivity (Wildman–Crippen MR) is 68.4 cm³/mol. The van der Waals surface area contributed by atoms with Gasteiger partial charge in [0.1, 0.15) is 17.1 Å². The summed E-state index contributed by atoms with van der Waals surface area (Å²) in [6.07, 6.45) is 0. The van der Waals surface area contributed by atoms with Gasteiger partial charge in [0.2, 0.25) is 0 Å². The molecule has 0 spiro atoms. The summed E-state index contributed by atoms with van der Waals surface area (Å²) < 4.78 is 5.55. The van der Waals surface area contributed by atoms with Crippen LogP contribution in [0.25, 0.3) is 11.0 Å². The van der Waals surface area contributed by atoms with Crippen LogP contribution in [0.5, 0.6) is 5.75 Å². The van der Waals surface area contributed by atoms with Crippen LogP contribution >= 0.6 is 0 Å². The van der Waals surface area contributed by atoms with E-state index in [4.69, 9.17) is 4.42 Å². The summed E-state index contributed by atoms with van der Waals surface area (Å²) in [5.41, 5.74) is 1.25. The van der Waals surface area contributed by atoms with E-state index in [1.165, 1.54) is 13.0 Å². The Hall–Kier alpha value is -2.10. The fourth-order valence-electron chi connectivity index (χ4n) is 1.95. The van der Waals surface area contributed by atoms with Crippen molar-refractivity contribution in [1.82, 2.24) is 0 Å². The molecule has 1 heterocycles. The number of phenolic OH excluding ortho intramolecular Hbond substituents is 1. The molecule has 2 aromatic rings. The van der Waals surface area contributed by atoms with Gasteiger partial charge in [-0.3, -0.25) is 9.59 Å². The average molecular weight is 246 g/mol. The van der Waals surface area contributed by atoms with Crippen molar-refractivity contribution in [3.05, 3.63) is 38.7 Å². The van der Waals surface area contributed by atoms with Crippen LogP contribution in [-0.2, 0) is 0 Å². The number of hydrogen-bond acceptors (Lipinski definition) is 4. The van der Waals surface area contributed by atoms with Crippen molar-refractivity contribution < 1.29 is 14.3 Å². The van der Waals surface area contributed by atoms with E-state index in [0.717, 1.165) is 0 Å². The third-order valence-corrected chi connectivity index (χ3v) is 3.23. The lowest BCUT2D eigenvalue weighted by Gasteiger charge is -2.09. The number of rotatable bonds is 1. The van der Waals surface area contributed by atoms with E-state index in [1.54, 1.807) is 20.8 Å². The maximum absolute atomic E-state index is 12.1. The topological polar surface area (TPSA) is 67.5 Å². The number of aromatic hydroxyl groups is 1. The summed E-state index contributed by atoms with van der Waals surface area (Å²) in [7, 11) is 0. The van der Waals surface area contributed by atoms with Crippen LogP contribution in [0.1, 0.15) is 34.2 Å². The highest BCUT2D eigenvalue weighted by molar-refractivity contribution is 6.01. The first kappa shape index (κ1) is 12.4. The van der Waals surface area contributed by atoms with Crippen LogP contribution in [0.4, 0.5) is 0 Å². The molecule has 0 bridgehead atoms. The van der Waals surface area contributed by atoms with Gasteiger partial charge in [0.05, 0.1) is 10.9 Å². The van der Waals surface area contributed by atoms with Crippen LogP contribution in [0.15, 0.2) is 15.3 Å². The van der Waals surface area contributed by atoms with Crippen molar-refractivity contribution in [1.29, 1.82) is 0 Å². The van der Waals surface area contributed by atoms with Crippen LogP contribution in [0, 0.1) is 20.8 Å². The smallest absolute Gasteiger partial charge is 0.195 e. The Morgan fingerprint density at radius 2 is 1.83 bits per heavy atom. The summed E-state index contributed by atoms with van der Waals surface area (Å²) in [5.74, 6) is 0.113. The van der Waals surface area contributed by atoms with Gasteiger partial charge in [0, 0.05) is 11.1 Å². The Kier molecular flexibility index (Phi) is 2.73. The number of ketones is 1. The van der Waals surface area contributed by atoms with Gasteiger partial charge in [-0.1, -0.05) is 0 Å². The number of phenols is 1. The first-order chi connectivity index (χ1) is 8.34. The lowest BCUT2D eigenvalue weighted by molar-refractivity contribution is 0.101. The Labute approximate surface area is 104 Å². The summed E-state index contributed by atoms with van der Waals surface area (Å²) >= 11 is 0. The van der Waals surface area contributed by atoms with E-state index in [1.807, 2.05) is 0 Å². The van der Waals surface area contributed by atoms with E-state index in [2.05, 4.69) is 0 Å². The highest BCUT2D eigenvalue weighted by Crippen LogP contribution is 2.30. The lowest BCUT2D eigenvalue weighted by Crippen LogP contribution is -2.09. The molecule has 0 aliphatic heterocycles. The minimum absolute atomic E-state index is 0.124. The molecule has 4 nitrogen and oxygen atoms in total. The molecule has 1 N–H and O–H groups in total. The second-order valence-electron chi connectivity index (χ2n) is 4.44. The quantitative estimate of drug-likeness (QED) is 0.785. The first-order valence-electron chi connectivity index (χ1n) is 5.62. The highest BCUT2D eigenvalue weighted by atomic mass is 16.3. The predicted octanol–water partition coefficient (Wildman–Crippen LogP) is 2.63. The zero-order valence-corrected chi connectivity index (χ0v) is 10.7. The van der Waals surface area contributed by atoms with Crippen LogP contribution in [0.2, 0.25) is 0 Å². The van der Waals surface area contributed by atoms with Crippen molar-refractivity contribution in [3.8, 4) is 5.75 Å². The van der Waals surface area contributed by atoms with Gasteiger partial charge in [0.25, 0.3) is 0 Å². The third kappa shape index (κ3) is 1.61. The maximum atomic E-state index is 12.1. The molecular formula is C14H14O4. The van der Waals surface area contributed by atoms with E-state index in [9.17, 15) is 14.7 Å². The molecule has 0 saturated carbocycles. The average Bonchev–Trinajstić information content (AvgIpc) is 2.31. The van der Waals surface area contributed by atoms with Crippen molar-refractivity contribution in [2.24, 2.45) is 0 Å². The molecule has 4 heteroatoms. The number of hydrogen-bond donors (Lipinski definition) is 1. The number of fused-ring (bicyclic) bond motifs is 1. The molecule has 0 aliphatic carbocycles. The lowest BCUT2D eigenvalue weighted by atomic mass is 10.0. The van der Waals surface area contributed by atoms with Gasteiger partial charge in [-0.25, -0.2) is 0 Å². The van der Waals surface area contributed by atoms with Gasteiger partial charge in [-0.2, -0.15) is 0 Å². The Bertz CT molecular complexity index is 723. The monoisotopic (exact) mass is 246 g/mol. The summed E-state index contributed by atoms with van der Waals surface area (Å²) in [6.45, 7) is 6.35. The minimum atomic E-state index is -0.282. The molecule has 0 saturated heterocycles. The highest BCUT2D eigenvalue weighted by Gasteiger charge is 2.17. The number of benzene rings is 1. The zero-order valence-electron chi connectivity index (χ0n) is 10.7. The molecule has 1 aromatic heterocycles. The van der Waals surface area contributed by atoms with Gasteiger partial charge in [0.15, 0.2) is 11.2 Å². The second-order valence-corrected chi connectivity index (χ2v) is 4.44. The zero-order chi connectivity index (χ0) is 13.6. The van der Waals surface area contributed by atoms with Crippen molar-refractivity contribution in [2.45, 2.75) is 27.7 Å². The summed E-state index contributed by atoms with van der Waals surface area (Å²) in [5, 5.41) is 10.3. The van der Waals surface area contributed by atoms with Crippen LogP contribution in [0.3, 0.4) is 0 Å². The van der Waals surface area contributed by atoms with Crippen LogP contribution < -0.4 is 5.43 Å². The normalized spacial score (nSPS) is 10.9. The van der Waals surface area contributed by atoms with Gasteiger partial charge < -0.3 is 9.52 Å². The number of carbonyl (C=O) groups is 1. The number of carbonyl (C=O) groups excluding carboxylic acids is 1. The van der Waals surface area contributed by atoms with E-state index < -0.39 is 0 Å². The van der Waals surface area contributed by atoms with Gasteiger partial charge in [-0.15, -0.1) is 0 Å². The fourth-order valence-corrected chi connectivity index (χ4v) is 1.95. The van der Waals surface area contributed by atoms with Crippen LogP contribution in [-0.4, -0.2) is 10.9 Å². The summed E-state index contributed by atoms with van der Waals surface area (Å²) in [6, 6.07) is 1.40. The molecular weight excluding hydrogens is 232 g/mol. The standard InChI is InChI=1S/C14H14O4/c1-6-9(4)18-14-7(2)13(17)10(8(3)15)5-11(14)12(6)16/h5,17H,1-4H3. The minimum Gasteiger partial charge on any atom is -0.507 e. The molecule has 0 fully saturated rings. The van der Waals surface area contributed by atoms with Gasteiger partial charge in [-0.05, 0) is 33.8 Å². The molecule has 1 aromatic carbocycles. The fraction of sp³-hybridized carbons (Fsp3) is 0.286. The Balaban J connectivity index is 3.06. The van der Waals surface area contributed by atoms with Crippen molar-refractivity contribution in [2.75, 3.05) is 0 Å². The largest absolute Gasteiger partial charge is 0.507 e. The Morgan fingerprint density at radius 1 is 1.22 bits per heavy atom. The SMILES string of the molecule is CC(=O)c1cc2c(=O)c(C)c(C)oc2c(C)c1O. The molecule has 0 unspecified atom stereocenters. The molecule has 18 heavy (non-hydrogen) atoms. The number of Topliss-reactive ketones (excluding diaryl/α,β-unsaturated/α-hetero) is 1. The summed E-state index contributed by atoms with van der Waals surface area (Å²) in [4.78, 5) is 23.6. The molecule has 0 aliphatic rings. The van der Waals surface area contributed by atoms with E-state index in [-0.39, 0.29) is 22.5 Å². The van der Waals surface area contributed by atoms with Crippen molar-refractivity contribution >= 4 is 16.8 Å². The Morgan fingerprint density at radius 3 is 2.39 bits per heavy atom. The van der Waals surface area contributed by atoms with E-state index >= 15 is 0 Å². The number of aryl methyl sites for hydroxylation is 2. The molecule has 0 radical (unpaired) electrons. The third-order valence-electron chi connectivity index (χ3n) is 3.23. The van der Waals surface area contributed by atoms with Gasteiger partial charge >= 0.3 is 0 Å². The molecule has 94 valence electrons. The molecule has 2 rings (SSSR count). The maximum Gasteiger partial charge on any atom is 0.195 e.